The van der Waals surface area contributed by atoms with Crippen LogP contribution in [0.2, 0.25) is 0 Å². The first-order chi connectivity index (χ1) is 13.5. The van der Waals surface area contributed by atoms with Crippen molar-refractivity contribution in [2.75, 3.05) is 6.54 Å². The lowest BCUT2D eigenvalue weighted by atomic mass is 10.1. The highest BCUT2D eigenvalue weighted by Gasteiger charge is 2.24. The summed E-state index contributed by atoms with van der Waals surface area (Å²) in [5.41, 5.74) is 7.75. The number of benzene rings is 1. The molecule has 1 amide bonds. The molecule has 0 spiro atoms. The Morgan fingerprint density at radius 2 is 2.21 bits per heavy atom. The highest BCUT2D eigenvalue weighted by molar-refractivity contribution is 7.14. The van der Waals surface area contributed by atoms with E-state index in [1.165, 1.54) is 29.7 Å². The van der Waals surface area contributed by atoms with E-state index < -0.39 is 0 Å². The molecule has 3 N–H and O–H groups in total. The van der Waals surface area contributed by atoms with Gasteiger partial charge in [-0.15, -0.1) is 11.3 Å². The Morgan fingerprint density at radius 3 is 3.00 bits per heavy atom. The summed E-state index contributed by atoms with van der Waals surface area (Å²) < 4.78 is 29.3. The molecule has 0 aliphatic carbocycles. The van der Waals surface area contributed by atoms with Crippen molar-refractivity contribution in [3.63, 3.8) is 0 Å². The molecule has 3 heterocycles. The Morgan fingerprint density at radius 1 is 1.36 bits per heavy atom. The molecule has 146 valence electrons. The molecule has 8 heteroatoms. The van der Waals surface area contributed by atoms with Gasteiger partial charge in [0.05, 0.1) is 11.1 Å². The Balaban J connectivity index is 1.54. The van der Waals surface area contributed by atoms with Gasteiger partial charge in [-0.05, 0) is 43.0 Å². The molecule has 1 aliphatic heterocycles. The molecular weight excluding hydrogens is 382 g/mol. The van der Waals surface area contributed by atoms with Crippen LogP contribution in [0, 0.1) is 11.6 Å². The molecule has 0 saturated heterocycles. The third-order valence-corrected chi connectivity index (χ3v) is 6.04. The minimum Gasteiger partial charge on any atom is -0.347 e. The van der Waals surface area contributed by atoms with Gasteiger partial charge < -0.3 is 11.1 Å². The van der Waals surface area contributed by atoms with Crippen molar-refractivity contribution in [2.45, 2.75) is 31.8 Å². The van der Waals surface area contributed by atoms with Gasteiger partial charge in [-0.2, -0.15) is 5.10 Å². The fraction of sp³-hybridized carbons (Fsp3) is 0.300. The highest BCUT2D eigenvalue weighted by Crippen LogP contribution is 2.36. The molecule has 0 radical (unpaired) electrons. The van der Waals surface area contributed by atoms with E-state index in [1.54, 1.807) is 22.9 Å². The smallest absolute Gasteiger partial charge is 0.261 e. The van der Waals surface area contributed by atoms with Gasteiger partial charge in [-0.25, -0.2) is 8.78 Å². The number of hydrogen-bond acceptors (Lipinski definition) is 4. The number of aromatic nitrogens is 2. The first-order valence-corrected chi connectivity index (χ1v) is 9.96. The molecule has 1 aromatic carbocycles. The number of carbonyl (C=O) groups is 1. The second-order valence-corrected chi connectivity index (χ2v) is 7.99. The standard InChI is InChI=1S/C20H20F2N4OS/c21-13-4-1-3-12(7-13)8-14(10-23)25-20(27)18-9-15-17(28-18)5-2-6-26-19(15)16(22)11-24-26/h1,3-4,7,9,11,14H,2,5-6,8,10,23H2,(H,25,27). The number of hydrogen-bond donors (Lipinski definition) is 2. The van der Waals surface area contributed by atoms with Gasteiger partial charge in [0, 0.05) is 29.6 Å². The minimum absolute atomic E-state index is 0.231. The number of carbonyl (C=O) groups excluding carboxylic acids is 1. The van der Waals surface area contributed by atoms with Crippen LogP contribution >= 0.6 is 11.3 Å². The molecule has 0 bridgehead atoms. The lowest BCUT2D eigenvalue weighted by Gasteiger charge is -2.16. The summed E-state index contributed by atoms with van der Waals surface area (Å²) in [6.07, 6.45) is 3.27. The number of nitrogens with two attached hydrogens (primary N) is 1. The van der Waals surface area contributed by atoms with Crippen LogP contribution in [0.1, 0.15) is 26.5 Å². The van der Waals surface area contributed by atoms with E-state index in [2.05, 4.69) is 10.4 Å². The Labute approximate surface area is 165 Å². The van der Waals surface area contributed by atoms with Crippen LogP contribution in [0.5, 0.6) is 0 Å². The Hall–Kier alpha value is -2.58. The molecule has 28 heavy (non-hydrogen) atoms. The SMILES string of the molecule is NCC(Cc1cccc(F)c1)NC(=O)c1cc2c(s1)CCCn1ncc(F)c1-2. The zero-order valence-electron chi connectivity index (χ0n) is 15.1. The molecule has 1 atom stereocenters. The highest BCUT2D eigenvalue weighted by atomic mass is 32.1. The molecule has 1 aliphatic rings. The van der Waals surface area contributed by atoms with Crippen molar-refractivity contribution >= 4 is 17.2 Å². The zero-order chi connectivity index (χ0) is 19.7. The van der Waals surface area contributed by atoms with Gasteiger partial charge in [0.15, 0.2) is 5.82 Å². The average Bonchev–Trinajstić information content (AvgIpc) is 3.20. The summed E-state index contributed by atoms with van der Waals surface area (Å²) in [6, 6.07) is 7.66. The number of fused-ring (bicyclic) bond motifs is 3. The summed E-state index contributed by atoms with van der Waals surface area (Å²) in [4.78, 5) is 14.3. The van der Waals surface area contributed by atoms with E-state index in [-0.39, 0.29) is 30.1 Å². The predicted octanol–water partition coefficient (Wildman–Crippen LogP) is 3.14. The van der Waals surface area contributed by atoms with Crippen LogP contribution in [0.15, 0.2) is 36.5 Å². The molecule has 0 saturated carbocycles. The molecular formula is C20H20F2N4OS. The molecule has 3 aromatic rings. The quantitative estimate of drug-likeness (QED) is 0.689. The first-order valence-electron chi connectivity index (χ1n) is 9.15. The van der Waals surface area contributed by atoms with Gasteiger partial charge in [-0.3, -0.25) is 9.48 Å². The van der Waals surface area contributed by atoms with Crippen molar-refractivity contribution in [1.29, 1.82) is 0 Å². The van der Waals surface area contributed by atoms with Gasteiger partial charge in [0.1, 0.15) is 11.5 Å². The van der Waals surface area contributed by atoms with E-state index in [4.69, 9.17) is 5.73 Å². The number of nitrogens with zero attached hydrogens (tertiary/aromatic N) is 2. The van der Waals surface area contributed by atoms with Crippen molar-refractivity contribution in [1.82, 2.24) is 15.1 Å². The van der Waals surface area contributed by atoms with Gasteiger partial charge in [0.2, 0.25) is 0 Å². The second kappa shape index (κ2) is 7.81. The van der Waals surface area contributed by atoms with E-state index in [9.17, 15) is 13.6 Å². The van der Waals surface area contributed by atoms with E-state index >= 15 is 0 Å². The van der Waals surface area contributed by atoms with Gasteiger partial charge in [0.25, 0.3) is 5.91 Å². The monoisotopic (exact) mass is 402 g/mol. The number of halogens is 2. The number of amides is 1. The lowest BCUT2D eigenvalue weighted by Crippen LogP contribution is -2.41. The van der Waals surface area contributed by atoms with E-state index in [0.29, 0.717) is 23.5 Å². The maximum absolute atomic E-state index is 14.2. The van der Waals surface area contributed by atoms with Crippen molar-refractivity contribution in [2.24, 2.45) is 5.73 Å². The normalized spacial score (nSPS) is 14.1. The Kier molecular flexibility index (Phi) is 5.23. The third kappa shape index (κ3) is 3.70. The molecule has 2 aromatic heterocycles. The maximum Gasteiger partial charge on any atom is 0.261 e. The van der Waals surface area contributed by atoms with Crippen LogP contribution < -0.4 is 11.1 Å². The van der Waals surface area contributed by atoms with Crippen LogP contribution in [0.4, 0.5) is 8.78 Å². The summed E-state index contributed by atoms with van der Waals surface area (Å²) in [7, 11) is 0. The molecule has 1 unspecified atom stereocenters. The number of nitrogens with one attached hydrogen (secondary N) is 1. The fourth-order valence-electron chi connectivity index (χ4n) is 3.51. The first kappa shape index (κ1) is 18.8. The summed E-state index contributed by atoms with van der Waals surface area (Å²) in [5.74, 6) is -0.949. The topological polar surface area (TPSA) is 72.9 Å². The summed E-state index contributed by atoms with van der Waals surface area (Å²) in [6.45, 7) is 0.889. The van der Waals surface area contributed by atoms with E-state index in [0.717, 1.165) is 28.8 Å². The number of rotatable bonds is 5. The minimum atomic E-state index is -0.376. The molecule has 5 nitrogen and oxygen atoms in total. The largest absolute Gasteiger partial charge is 0.347 e. The number of thiophene rings is 1. The van der Waals surface area contributed by atoms with Gasteiger partial charge >= 0.3 is 0 Å². The zero-order valence-corrected chi connectivity index (χ0v) is 15.9. The van der Waals surface area contributed by atoms with Crippen molar-refractivity contribution in [3.8, 4) is 11.3 Å². The predicted molar refractivity (Wildman–Crippen MR) is 104 cm³/mol. The van der Waals surface area contributed by atoms with Crippen molar-refractivity contribution < 1.29 is 13.6 Å². The van der Waals surface area contributed by atoms with Crippen LogP contribution in [0.25, 0.3) is 11.3 Å². The number of aryl methyl sites for hydroxylation is 2. The maximum atomic E-state index is 14.2. The summed E-state index contributed by atoms with van der Waals surface area (Å²) in [5, 5.41) is 7.00. The average molecular weight is 402 g/mol. The summed E-state index contributed by atoms with van der Waals surface area (Å²) >= 11 is 1.37. The lowest BCUT2D eigenvalue weighted by molar-refractivity contribution is 0.0942. The van der Waals surface area contributed by atoms with Crippen LogP contribution in [0.3, 0.4) is 0 Å². The van der Waals surface area contributed by atoms with Gasteiger partial charge in [-0.1, -0.05) is 12.1 Å². The molecule has 4 rings (SSSR count). The third-order valence-electron chi connectivity index (χ3n) is 4.85. The second-order valence-electron chi connectivity index (χ2n) is 6.86. The van der Waals surface area contributed by atoms with Crippen LogP contribution in [-0.4, -0.2) is 28.3 Å². The fourth-order valence-corrected chi connectivity index (χ4v) is 4.62. The van der Waals surface area contributed by atoms with Crippen LogP contribution in [-0.2, 0) is 19.4 Å². The Bertz CT molecular complexity index is 1010. The van der Waals surface area contributed by atoms with Crippen molar-refractivity contribution in [3.05, 3.63) is 63.5 Å². The molecule has 0 fully saturated rings. The van der Waals surface area contributed by atoms with E-state index in [1.807, 2.05) is 0 Å².